The number of aryl methyl sites for hydroxylation is 1. The Hall–Kier alpha value is -2.81. The molecule has 3 aromatic rings. The van der Waals surface area contributed by atoms with E-state index in [-0.39, 0.29) is 11.8 Å². The summed E-state index contributed by atoms with van der Waals surface area (Å²) in [5, 5.41) is 3.39. The Labute approximate surface area is 238 Å². The summed E-state index contributed by atoms with van der Waals surface area (Å²) in [6.45, 7) is 4.53. The van der Waals surface area contributed by atoms with Gasteiger partial charge in [0.25, 0.3) is 5.91 Å². The first-order valence-corrected chi connectivity index (χ1v) is 13.6. The molecule has 0 radical (unpaired) electrons. The number of amides is 2. The van der Waals surface area contributed by atoms with Crippen LogP contribution in [0, 0.1) is 6.92 Å². The SMILES string of the molecule is COc1c(Br)cc(Br)cc1C=CC(=O)Nc1ccc(N2CCN(C(=O)c3ccccc3C)CC2)c(Cl)c1. The van der Waals surface area contributed by atoms with Crippen LogP contribution in [0.25, 0.3) is 6.08 Å². The van der Waals surface area contributed by atoms with Crippen molar-refractivity contribution in [3.8, 4) is 5.75 Å². The maximum Gasteiger partial charge on any atom is 0.254 e. The Kier molecular flexibility index (Phi) is 8.95. The van der Waals surface area contributed by atoms with Gasteiger partial charge >= 0.3 is 0 Å². The fourth-order valence-electron chi connectivity index (χ4n) is 4.24. The van der Waals surface area contributed by atoms with Gasteiger partial charge in [0.1, 0.15) is 5.75 Å². The standard InChI is InChI=1S/C28H26Br2ClN3O3/c1-18-5-3-4-6-22(18)28(36)34-13-11-33(12-14-34)25-9-8-21(17-24(25)31)32-26(35)10-7-19-15-20(29)16-23(30)27(19)37-2/h3-10,15-17H,11-14H2,1-2H3,(H,32,35). The lowest BCUT2D eigenvalue weighted by molar-refractivity contribution is -0.111. The van der Waals surface area contributed by atoms with Crippen molar-refractivity contribution in [3.05, 3.63) is 91.3 Å². The van der Waals surface area contributed by atoms with Crippen molar-refractivity contribution in [2.75, 3.05) is 43.5 Å². The van der Waals surface area contributed by atoms with E-state index in [0.29, 0.717) is 42.6 Å². The molecule has 0 bridgehead atoms. The van der Waals surface area contributed by atoms with Crippen LogP contribution in [0.4, 0.5) is 11.4 Å². The zero-order valence-electron chi connectivity index (χ0n) is 20.4. The molecule has 1 aliphatic heterocycles. The largest absolute Gasteiger partial charge is 0.495 e. The zero-order valence-corrected chi connectivity index (χ0v) is 24.4. The van der Waals surface area contributed by atoms with Crippen molar-refractivity contribution in [3.63, 3.8) is 0 Å². The Morgan fingerprint density at radius 3 is 2.43 bits per heavy atom. The molecule has 2 amide bonds. The van der Waals surface area contributed by atoms with Gasteiger partial charge in [0.2, 0.25) is 5.91 Å². The molecule has 6 nitrogen and oxygen atoms in total. The molecule has 0 spiro atoms. The van der Waals surface area contributed by atoms with E-state index in [1.54, 1.807) is 19.3 Å². The van der Waals surface area contributed by atoms with Gasteiger partial charge in [-0.25, -0.2) is 0 Å². The van der Waals surface area contributed by atoms with Gasteiger partial charge < -0.3 is 19.9 Å². The van der Waals surface area contributed by atoms with E-state index in [1.165, 1.54) is 6.08 Å². The topological polar surface area (TPSA) is 61.9 Å². The van der Waals surface area contributed by atoms with Crippen LogP contribution in [-0.4, -0.2) is 50.0 Å². The quantitative estimate of drug-likeness (QED) is 0.299. The van der Waals surface area contributed by atoms with Crippen molar-refractivity contribution in [2.45, 2.75) is 6.92 Å². The number of rotatable bonds is 6. The molecule has 9 heteroatoms. The molecular formula is C28H26Br2ClN3O3. The van der Waals surface area contributed by atoms with E-state index < -0.39 is 0 Å². The Morgan fingerprint density at radius 1 is 1.03 bits per heavy atom. The van der Waals surface area contributed by atoms with Crippen LogP contribution in [-0.2, 0) is 4.79 Å². The van der Waals surface area contributed by atoms with E-state index in [9.17, 15) is 9.59 Å². The lowest BCUT2D eigenvalue weighted by Crippen LogP contribution is -2.49. The highest BCUT2D eigenvalue weighted by Crippen LogP contribution is 2.34. The summed E-state index contributed by atoms with van der Waals surface area (Å²) >= 11 is 13.5. The summed E-state index contributed by atoms with van der Waals surface area (Å²) in [6, 6.07) is 16.9. The second kappa shape index (κ2) is 12.2. The number of carbonyl (C=O) groups excluding carboxylic acids is 2. The Bertz CT molecular complexity index is 1350. The number of benzene rings is 3. The number of hydrogen-bond donors (Lipinski definition) is 1. The maximum absolute atomic E-state index is 12.9. The van der Waals surface area contributed by atoms with Crippen LogP contribution in [0.5, 0.6) is 5.75 Å². The van der Waals surface area contributed by atoms with E-state index >= 15 is 0 Å². The van der Waals surface area contributed by atoms with Crippen LogP contribution >= 0.6 is 43.5 Å². The Morgan fingerprint density at radius 2 is 1.76 bits per heavy atom. The third-order valence-electron chi connectivity index (χ3n) is 6.15. The number of halogens is 3. The molecule has 1 aliphatic rings. The van der Waals surface area contributed by atoms with Gasteiger partial charge in [0.05, 0.1) is 22.3 Å². The molecule has 0 unspecified atom stereocenters. The second-order valence-electron chi connectivity index (χ2n) is 8.59. The fraction of sp³-hybridized carbons (Fsp3) is 0.214. The lowest BCUT2D eigenvalue weighted by atomic mass is 10.1. The summed E-state index contributed by atoms with van der Waals surface area (Å²) < 4.78 is 7.07. The van der Waals surface area contributed by atoms with Crippen molar-refractivity contribution in [1.29, 1.82) is 0 Å². The number of anilines is 2. The summed E-state index contributed by atoms with van der Waals surface area (Å²) in [4.78, 5) is 29.5. The molecule has 1 N–H and O–H groups in total. The van der Waals surface area contributed by atoms with Crippen LogP contribution in [0.1, 0.15) is 21.5 Å². The van der Waals surface area contributed by atoms with Crippen LogP contribution in [0.3, 0.4) is 0 Å². The third-order valence-corrected chi connectivity index (χ3v) is 7.50. The first kappa shape index (κ1) is 27.2. The predicted molar refractivity (Wildman–Crippen MR) is 157 cm³/mol. The number of nitrogens with zero attached hydrogens (tertiary/aromatic N) is 2. The third kappa shape index (κ3) is 6.55. The lowest BCUT2D eigenvalue weighted by Gasteiger charge is -2.36. The number of hydrogen-bond acceptors (Lipinski definition) is 4. The normalized spacial score (nSPS) is 13.6. The fourth-order valence-corrected chi connectivity index (χ4v) is 5.96. The molecule has 192 valence electrons. The van der Waals surface area contributed by atoms with Crippen molar-refractivity contribution in [2.24, 2.45) is 0 Å². The predicted octanol–water partition coefficient (Wildman–Crippen LogP) is 6.80. The molecule has 37 heavy (non-hydrogen) atoms. The average Bonchev–Trinajstić information content (AvgIpc) is 2.87. The number of ether oxygens (including phenoxy) is 1. The smallest absolute Gasteiger partial charge is 0.254 e. The van der Waals surface area contributed by atoms with Gasteiger partial charge in [-0.3, -0.25) is 9.59 Å². The highest BCUT2D eigenvalue weighted by atomic mass is 79.9. The van der Waals surface area contributed by atoms with Gasteiger partial charge in [-0.15, -0.1) is 0 Å². The van der Waals surface area contributed by atoms with Gasteiger partial charge in [0.15, 0.2) is 0 Å². The average molecular weight is 648 g/mol. The van der Waals surface area contributed by atoms with Crippen molar-refractivity contribution in [1.82, 2.24) is 4.90 Å². The minimum atomic E-state index is -0.287. The van der Waals surface area contributed by atoms with Gasteiger partial charge in [-0.2, -0.15) is 0 Å². The van der Waals surface area contributed by atoms with Gasteiger partial charge in [0, 0.05) is 53.5 Å². The number of carbonyl (C=O) groups is 2. The highest BCUT2D eigenvalue weighted by molar-refractivity contribution is 9.11. The van der Waals surface area contributed by atoms with Gasteiger partial charge in [-0.1, -0.05) is 45.7 Å². The molecule has 1 saturated heterocycles. The first-order valence-electron chi connectivity index (χ1n) is 11.7. The molecule has 0 saturated carbocycles. The molecule has 3 aromatic carbocycles. The Balaban J connectivity index is 1.37. The maximum atomic E-state index is 12.9. The first-order chi connectivity index (χ1) is 17.8. The molecule has 0 aromatic heterocycles. The second-order valence-corrected chi connectivity index (χ2v) is 10.8. The monoisotopic (exact) mass is 645 g/mol. The number of methoxy groups -OCH3 is 1. The minimum Gasteiger partial charge on any atom is -0.495 e. The van der Waals surface area contributed by atoms with Crippen LogP contribution < -0.4 is 15.0 Å². The molecule has 1 fully saturated rings. The molecule has 0 aliphatic carbocycles. The number of piperazine rings is 1. The van der Waals surface area contributed by atoms with E-state index in [1.807, 2.05) is 60.4 Å². The molecule has 0 atom stereocenters. The van der Waals surface area contributed by atoms with E-state index in [2.05, 4.69) is 42.1 Å². The molecule has 4 rings (SSSR count). The molecule has 1 heterocycles. The van der Waals surface area contributed by atoms with E-state index in [0.717, 1.165) is 31.3 Å². The van der Waals surface area contributed by atoms with Gasteiger partial charge in [-0.05, 0) is 70.9 Å². The summed E-state index contributed by atoms with van der Waals surface area (Å²) in [5.41, 5.74) is 3.96. The highest BCUT2D eigenvalue weighted by Gasteiger charge is 2.24. The van der Waals surface area contributed by atoms with Crippen molar-refractivity contribution >= 4 is 72.7 Å². The minimum absolute atomic E-state index is 0.0581. The number of nitrogens with one attached hydrogen (secondary N) is 1. The summed E-state index contributed by atoms with van der Waals surface area (Å²) in [7, 11) is 1.58. The van der Waals surface area contributed by atoms with Crippen LogP contribution in [0.2, 0.25) is 5.02 Å². The summed E-state index contributed by atoms with van der Waals surface area (Å²) in [5.74, 6) is 0.411. The summed E-state index contributed by atoms with van der Waals surface area (Å²) in [6.07, 6.45) is 3.14. The van der Waals surface area contributed by atoms with E-state index in [4.69, 9.17) is 16.3 Å². The van der Waals surface area contributed by atoms with Crippen LogP contribution in [0.15, 0.2) is 69.6 Å². The zero-order chi connectivity index (χ0) is 26.5. The molecular weight excluding hydrogens is 622 g/mol. The van der Waals surface area contributed by atoms with Crippen molar-refractivity contribution < 1.29 is 14.3 Å².